The molecule has 1 aliphatic rings. The third-order valence-corrected chi connectivity index (χ3v) is 5.43. The van der Waals surface area contributed by atoms with Gasteiger partial charge in [0.25, 0.3) is 0 Å². The highest BCUT2D eigenvalue weighted by atomic mass is 32.1. The van der Waals surface area contributed by atoms with E-state index in [2.05, 4.69) is 10.4 Å². The number of hydrogen-bond donors (Lipinski definition) is 0. The van der Waals surface area contributed by atoms with Gasteiger partial charge in [-0.2, -0.15) is 5.10 Å². The number of aromatic nitrogens is 1. The summed E-state index contributed by atoms with van der Waals surface area (Å²) in [5.41, 5.74) is 3.89. The van der Waals surface area contributed by atoms with Crippen LogP contribution in [0.1, 0.15) is 19.4 Å². The average Bonchev–Trinajstić information content (AvgIpc) is 3.16. The van der Waals surface area contributed by atoms with Crippen molar-refractivity contribution < 1.29 is 14.2 Å². The summed E-state index contributed by atoms with van der Waals surface area (Å²) < 4.78 is 18.5. The molecular weight excluding hydrogens is 386 g/mol. The van der Waals surface area contributed by atoms with E-state index in [0.717, 1.165) is 44.6 Å². The number of nitrogens with zero attached hydrogens (tertiary/aromatic N) is 3. The predicted molar refractivity (Wildman–Crippen MR) is 115 cm³/mol. The minimum absolute atomic E-state index is 0.563. The molecule has 2 aromatic carbocycles. The molecule has 0 saturated heterocycles. The second kappa shape index (κ2) is 8.53. The second-order valence-corrected chi connectivity index (χ2v) is 7.30. The third kappa shape index (κ3) is 4.05. The van der Waals surface area contributed by atoms with E-state index < -0.39 is 0 Å². The van der Waals surface area contributed by atoms with E-state index in [-0.39, 0.29) is 0 Å². The van der Waals surface area contributed by atoms with Crippen LogP contribution in [0, 0.1) is 0 Å². The van der Waals surface area contributed by atoms with E-state index in [1.165, 1.54) is 0 Å². The Morgan fingerprint density at radius 2 is 1.86 bits per heavy atom. The van der Waals surface area contributed by atoms with Crippen molar-refractivity contribution in [3.05, 3.63) is 58.2 Å². The van der Waals surface area contributed by atoms with Gasteiger partial charge in [-0.05, 0) is 56.3 Å². The maximum atomic E-state index is 5.71. The summed E-state index contributed by atoms with van der Waals surface area (Å²) in [6.07, 6.45) is 0. The number of ether oxygens (including phenoxy) is 3. The Morgan fingerprint density at radius 1 is 1.10 bits per heavy atom. The monoisotopic (exact) mass is 409 g/mol. The molecule has 6 nitrogen and oxygen atoms in total. The minimum Gasteiger partial charge on any atom is -0.497 e. The van der Waals surface area contributed by atoms with Gasteiger partial charge in [0.2, 0.25) is 4.80 Å². The number of thiazole rings is 1. The Bertz CT molecular complexity index is 1100. The van der Waals surface area contributed by atoms with Crippen LogP contribution in [0.3, 0.4) is 0 Å². The van der Waals surface area contributed by atoms with Crippen molar-refractivity contribution in [2.75, 3.05) is 26.9 Å². The van der Waals surface area contributed by atoms with Crippen LogP contribution in [-0.2, 0) is 0 Å². The second-order valence-electron chi connectivity index (χ2n) is 6.46. The first-order valence-electron chi connectivity index (χ1n) is 9.50. The lowest BCUT2D eigenvalue weighted by Crippen LogP contribution is -2.16. The highest BCUT2D eigenvalue weighted by Crippen LogP contribution is 2.31. The van der Waals surface area contributed by atoms with Crippen LogP contribution in [-0.4, -0.2) is 37.3 Å². The fourth-order valence-corrected chi connectivity index (χ4v) is 3.97. The molecule has 0 spiro atoms. The normalized spacial score (nSPS) is 14.2. The van der Waals surface area contributed by atoms with Crippen molar-refractivity contribution in [3.8, 4) is 28.5 Å². The van der Waals surface area contributed by atoms with Crippen LogP contribution >= 0.6 is 11.3 Å². The summed E-state index contributed by atoms with van der Waals surface area (Å²) >= 11 is 1.58. The Morgan fingerprint density at radius 3 is 2.59 bits per heavy atom. The Labute approximate surface area is 173 Å². The maximum Gasteiger partial charge on any atom is 0.206 e. The lowest BCUT2D eigenvalue weighted by Gasteiger charge is -2.18. The Kier molecular flexibility index (Phi) is 5.67. The molecule has 1 aromatic heterocycles. The van der Waals surface area contributed by atoms with Crippen molar-refractivity contribution in [2.24, 2.45) is 10.1 Å². The van der Waals surface area contributed by atoms with Crippen LogP contribution in [0.4, 0.5) is 0 Å². The number of hydrogen-bond acceptors (Lipinski definition) is 6. The number of benzene rings is 2. The fraction of sp³-hybridized carbons (Fsp3) is 0.273. The van der Waals surface area contributed by atoms with Crippen LogP contribution in [0.25, 0.3) is 11.3 Å². The first kappa shape index (κ1) is 19.3. The fourth-order valence-electron chi connectivity index (χ4n) is 3.08. The van der Waals surface area contributed by atoms with Gasteiger partial charge in [0.15, 0.2) is 11.5 Å². The van der Waals surface area contributed by atoms with Crippen LogP contribution in [0.15, 0.2) is 57.9 Å². The van der Waals surface area contributed by atoms with Crippen LogP contribution < -0.4 is 19.0 Å². The van der Waals surface area contributed by atoms with E-state index in [9.17, 15) is 0 Å². The lowest BCUT2D eigenvalue weighted by molar-refractivity contribution is 0.171. The first-order valence-corrected chi connectivity index (χ1v) is 10.4. The molecule has 3 aromatic rings. The highest BCUT2D eigenvalue weighted by molar-refractivity contribution is 7.07. The molecule has 2 heterocycles. The zero-order valence-electron chi connectivity index (χ0n) is 16.7. The molecule has 0 fully saturated rings. The molecule has 1 aliphatic heterocycles. The maximum absolute atomic E-state index is 5.71. The van der Waals surface area contributed by atoms with Gasteiger partial charge >= 0.3 is 0 Å². The number of methoxy groups -OCH3 is 1. The van der Waals surface area contributed by atoms with Crippen molar-refractivity contribution >= 4 is 17.0 Å². The molecular formula is C22H23N3O3S. The molecule has 4 rings (SSSR count). The molecule has 0 unspecified atom stereocenters. The minimum atomic E-state index is 0.563. The van der Waals surface area contributed by atoms with Gasteiger partial charge in [-0.25, -0.2) is 4.68 Å². The molecule has 0 atom stereocenters. The molecule has 0 amide bonds. The average molecular weight is 410 g/mol. The predicted octanol–water partition coefficient (Wildman–Crippen LogP) is 4.19. The van der Waals surface area contributed by atoms with Gasteiger partial charge in [-0.1, -0.05) is 0 Å². The smallest absolute Gasteiger partial charge is 0.206 e. The van der Waals surface area contributed by atoms with Crippen LogP contribution in [0.5, 0.6) is 17.2 Å². The number of fused-ring (bicyclic) bond motifs is 1. The molecule has 0 bridgehead atoms. The van der Waals surface area contributed by atoms with E-state index in [1.54, 1.807) is 18.4 Å². The Hall–Kier alpha value is -3.06. The van der Waals surface area contributed by atoms with Gasteiger partial charge in [-0.3, -0.25) is 4.99 Å². The molecule has 0 radical (unpaired) electrons. The molecule has 0 saturated carbocycles. The first-order chi connectivity index (χ1) is 14.2. The number of rotatable bonds is 5. The van der Waals surface area contributed by atoms with E-state index >= 15 is 0 Å². The lowest BCUT2D eigenvalue weighted by atomic mass is 10.1. The van der Waals surface area contributed by atoms with Crippen molar-refractivity contribution in [1.82, 2.24) is 4.68 Å². The summed E-state index contributed by atoms with van der Waals surface area (Å²) in [6, 6.07) is 13.9. The zero-order valence-corrected chi connectivity index (χ0v) is 17.5. The zero-order chi connectivity index (χ0) is 20.2. The standard InChI is InChI=1S/C22H23N3O3S/c1-4-23-22-25(19(14-29-22)16-5-8-18(26-3)9-6-16)24-15(2)17-7-10-20-21(13-17)28-12-11-27-20/h5-10,13-14H,4,11-12H2,1-3H3. The van der Waals surface area contributed by atoms with Gasteiger partial charge in [-0.15, -0.1) is 11.3 Å². The quantitative estimate of drug-likeness (QED) is 0.594. The van der Waals surface area contributed by atoms with Crippen molar-refractivity contribution in [3.63, 3.8) is 0 Å². The van der Waals surface area contributed by atoms with Crippen molar-refractivity contribution in [1.29, 1.82) is 0 Å². The van der Waals surface area contributed by atoms with Gasteiger partial charge in [0.05, 0.1) is 18.5 Å². The third-order valence-electron chi connectivity index (χ3n) is 4.57. The summed E-state index contributed by atoms with van der Waals surface area (Å²) in [6.45, 7) is 5.85. The van der Waals surface area contributed by atoms with Gasteiger partial charge in [0.1, 0.15) is 19.0 Å². The largest absolute Gasteiger partial charge is 0.497 e. The van der Waals surface area contributed by atoms with Gasteiger partial charge in [0, 0.05) is 23.1 Å². The summed E-state index contributed by atoms with van der Waals surface area (Å²) in [4.78, 5) is 5.47. The van der Waals surface area contributed by atoms with Gasteiger partial charge < -0.3 is 14.2 Å². The highest BCUT2D eigenvalue weighted by Gasteiger charge is 2.14. The van der Waals surface area contributed by atoms with Crippen LogP contribution in [0.2, 0.25) is 0 Å². The molecule has 150 valence electrons. The molecule has 0 aliphatic carbocycles. The summed E-state index contributed by atoms with van der Waals surface area (Å²) in [7, 11) is 1.67. The van der Waals surface area contributed by atoms with E-state index in [1.807, 2.05) is 61.0 Å². The topological polar surface area (TPSA) is 57.3 Å². The van der Waals surface area contributed by atoms with E-state index in [0.29, 0.717) is 19.8 Å². The molecule has 0 N–H and O–H groups in total. The van der Waals surface area contributed by atoms with Crippen molar-refractivity contribution in [2.45, 2.75) is 13.8 Å². The Balaban J connectivity index is 1.76. The molecule has 29 heavy (non-hydrogen) atoms. The summed E-state index contributed by atoms with van der Waals surface area (Å²) in [5.74, 6) is 2.36. The SMILES string of the molecule is CCN=c1scc(-c2ccc(OC)cc2)n1N=C(C)c1ccc2c(c1)OCCO2. The molecule has 7 heteroatoms. The van der Waals surface area contributed by atoms with E-state index in [4.69, 9.17) is 19.3 Å². The summed E-state index contributed by atoms with van der Waals surface area (Å²) in [5, 5.41) is 6.98.